The number of nitrogens with zero attached hydrogens (tertiary/aromatic N) is 2. The van der Waals surface area contributed by atoms with E-state index >= 15 is 0 Å². The van der Waals surface area contributed by atoms with Crippen molar-refractivity contribution in [3.63, 3.8) is 0 Å². The molecule has 0 amide bonds. The molecule has 0 saturated heterocycles. The molecule has 0 atom stereocenters. The monoisotopic (exact) mass is 298 g/mol. The zero-order valence-electron chi connectivity index (χ0n) is 11.9. The Bertz CT molecular complexity index is 836. The second-order valence-electron chi connectivity index (χ2n) is 5.14. The molecule has 2 aromatic carbocycles. The standard InChI is InChI=1S/C17H15ClN2O/c1-11-15(17(18)20(2)19-11)10-16(21)14-8-7-12-5-3-4-6-13(12)9-14/h3-9H,10H2,1-2H3. The van der Waals surface area contributed by atoms with Gasteiger partial charge in [-0.3, -0.25) is 9.48 Å². The third-order valence-electron chi connectivity index (χ3n) is 3.68. The van der Waals surface area contributed by atoms with Crippen molar-refractivity contribution in [1.82, 2.24) is 9.78 Å². The lowest BCUT2D eigenvalue weighted by Crippen LogP contribution is -2.04. The van der Waals surface area contributed by atoms with Gasteiger partial charge in [0.25, 0.3) is 0 Å². The van der Waals surface area contributed by atoms with Gasteiger partial charge in [0.05, 0.1) is 5.69 Å². The Kier molecular flexibility index (Phi) is 3.52. The highest BCUT2D eigenvalue weighted by Crippen LogP contribution is 2.22. The summed E-state index contributed by atoms with van der Waals surface area (Å²) in [6.45, 7) is 1.87. The molecule has 0 bridgehead atoms. The lowest BCUT2D eigenvalue weighted by molar-refractivity contribution is 0.0993. The van der Waals surface area contributed by atoms with E-state index in [0.29, 0.717) is 10.7 Å². The van der Waals surface area contributed by atoms with Crippen molar-refractivity contribution in [1.29, 1.82) is 0 Å². The molecular weight excluding hydrogens is 284 g/mol. The van der Waals surface area contributed by atoms with Crippen LogP contribution in [0.1, 0.15) is 21.6 Å². The quantitative estimate of drug-likeness (QED) is 0.686. The van der Waals surface area contributed by atoms with E-state index < -0.39 is 0 Å². The van der Waals surface area contributed by atoms with Gasteiger partial charge in [0.15, 0.2) is 5.78 Å². The minimum Gasteiger partial charge on any atom is -0.294 e. The van der Waals surface area contributed by atoms with Crippen LogP contribution in [-0.2, 0) is 13.5 Å². The molecule has 3 rings (SSSR count). The largest absolute Gasteiger partial charge is 0.294 e. The van der Waals surface area contributed by atoms with Crippen LogP contribution in [0.4, 0.5) is 0 Å². The summed E-state index contributed by atoms with van der Waals surface area (Å²) in [6.07, 6.45) is 0.275. The van der Waals surface area contributed by atoms with E-state index in [1.54, 1.807) is 11.7 Å². The number of ketones is 1. The van der Waals surface area contributed by atoms with E-state index in [9.17, 15) is 4.79 Å². The van der Waals surface area contributed by atoms with Gasteiger partial charge in [-0.2, -0.15) is 5.10 Å². The molecule has 0 fully saturated rings. The van der Waals surface area contributed by atoms with Crippen molar-refractivity contribution in [2.24, 2.45) is 7.05 Å². The SMILES string of the molecule is Cc1nn(C)c(Cl)c1CC(=O)c1ccc2ccccc2c1. The highest BCUT2D eigenvalue weighted by atomic mass is 35.5. The molecule has 3 aromatic rings. The van der Waals surface area contributed by atoms with Crippen LogP contribution in [0.3, 0.4) is 0 Å². The first-order valence-electron chi connectivity index (χ1n) is 6.76. The van der Waals surface area contributed by atoms with Crippen LogP contribution in [0.15, 0.2) is 42.5 Å². The fourth-order valence-corrected chi connectivity index (χ4v) is 2.74. The molecule has 4 heteroatoms. The molecule has 0 aliphatic rings. The van der Waals surface area contributed by atoms with E-state index in [2.05, 4.69) is 5.10 Å². The Morgan fingerprint density at radius 1 is 1.19 bits per heavy atom. The lowest BCUT2D eigenvalue weighted by Gasteiger charge is -2.04. The molecular formula is C17H15ClN2O. The summed E-state index contributed by atoms with van der Waals surface area (Å²) in [7, 11) is 1.78. The number of aromatic nitrogens is 2. The summed E-state index contributed by atoms with van der Waals surface area (Å²) in [6, 6.07) is 13.8. The Morgan fingerprint density at radius 3 is 2.57 bits per heavy atom. The lowest BCUT2D eigenvalue weighted by atomic mass is 10.0. The maximum Gasteiger partial charge on any atom is 0.167 e. The van der Waals surface area contributed by atoms with Crippen molar-refractivity contribution in [3.05, 3.63) is 64.4 Å². The van der Waals surface area contributed by atoms with E-state index in [0.717, 1.165) is 22.0 Å². The second-order valence-corrected chi connectivity index (χ2v) is 5.50. The van der Waals surface area contributed by atoms with E-state index in [-0.39, 0.29) is 12.2 Å². The maximum absolute atomic E-state index is 12.5. The molecule has 106 valence electrons. The van der Waals surface area contributed by atoms with Crippen molar-refractivity contribution < 1.29 is 4.79 Å². The molecule has 21 heavy (non-hydrogen) atoms. The number of aryl methyl sites for hydroxylation is 2. The molecule has 0 radical (unpaired) electrons. The van der Waals surface area contributed by atoms with Crippen molar-refractivity contribution in [2.75, 3.05) is 0 Å². The summed E-state index contributed by atoms with van der Waals surface area (Å²) in [4.78, 5) is 12.5. The number of hydrogen-bond acceptors (Lipinski definition) is 2. The minimum absolute atomic E-state index is 0.0544. The zero-order valence-corrected chi connectivity index (χ0v) is 12.7. The fraction of sp³-hybridized carbons (Fsp3) is 0.176. The van der Waals surface area contributed by atoms with E-state index in [1.165, 1.54) is 0 Å². The fourth-order valence-electron chi connectivity index (χ4n) is 2.50. The van der Waals surface area contributed by atoms with Crippen molar-refractivity contribution >= 4 is 28.2 Å². The van der Waals surface area contributed by atoms with Crippen LogP contribution in [-0.4, -0.2) is 15.6 Å². The number of halogens is 1. The van der Waals surface area contributed by atoms with Gasteiger partial charge in [-0.1, -0.05) is 48.0 Å². The molecule has 1 aromatic heterocycles. The van der Waals surface area contributed by atoms with Crippen LogP contribution in [0.5, 0.6) is 0 Å². The number of carbonyl (C=O) groups excluding carboxylic acids is 1. The molecule has 0 N–H and O–H groups in total. The smallest absolute Gasteiger partial charge is 0.167 e. The van der Waals surface area contributed by atoms with Gasteiger partial charge in [-0.05, 0) is 23.8 Å². The Balaban J connectivity index is 1.93. The Labute approximate surface area is 128 Å². The summed E-state index contributed by atoms with van der Waals surface area (Å²) < 4.78 is 1.60. The number of fused-ring (bicyclic) bond motifs is 1. The van der Waals surface area contributed by atoms with Crippen LogP contribution >= 0.6 is 11.6 Å². The average Bonchev–Trinajstić information content (AvgIpc) is 2.73. The van der Waals surface area contributed by atoms with Gasteiger partial charge in [0.1, 0.15) is 5.15 Å². The van der Waals surface area contributed by atoms with Crippen LogP contribution in [0.25, 0.3) is 10.8 Å². The van der Waals surface area contributed by atoms with Gasteiger partial charge in [0, 0.05) is 24.6 Å². The summed E-state index contributed by atoms with van der Waals surface area (Å²) in [5.41, 5.74) is 2.31. The zero-order chi connectivity index (χ0) is 15.0. The molecule has 0 unspecified atom stereocenters. The summed E-state index contributed by atoms with van der Waals surface area (Å²) in [5, 5.41) is 6.97. The topological polar surface area (TPSA) is 34.9 Å². The second kappa shape index (κ2) is 5.34. The molecule has 0 aliphatic heterocycles. The molecule has 0 spiro atoms. The maximum atomic E-state index is 12.5. The molecule has 3 nitrogen and oxygen atoms in total. The minimum atomic E-state index is 0.0544. The predicted octanol–water partition coefficient (Wildman–Crippen LogP) is 3.96. The molecule has 1 heterocycles. The Morgan fingerprint density at radius 2 is 1.90 bits per heavy atom. The number of carbonyl (C=O) groups is 1. The highest BCUT2D eigenvalue weighted by Gasteiger charge is 2.16. The normalized spacial score (nSPS) is 11.0. The number of hydrogen-bond donors (Lipinski definition) is 0. The van der Waals surface area contributed by atoms with Gasteiger partial charge in [-0.25, -0.2) is 0 Å². The number of Topliss-reactive ketones (excluding diaryl/α,β-unsaturated/α-hetero) is 1. The molecule has 0 saturated carbocycles. The first-order valence-corrected chi connectivity index (χ1v) is 7.14. The highest BCUT2D eigenvalue weighted by molar-refractivity contribution is 6.30. The first-order chi connectivity index (χ1) is 10.1. The van der Waals surface area contributed by atoms with E-state index in [1.807, 2.05) is 49.4 Å². The molecule has 0 aliphatic carbocycles. The third-order valence-corrected chi connectivity index (χ3v) is 4.15. The number of benzene rings is 2. The van der Waals surface area contributed by atoms with Gasteiger partial charge < -0.3 is 0 Å². The van der Waals surface area contributed by atoms with Crippen LogP contribution < -0.4 is 0 Å². The predicted molar refractivity (Wildman–Crippen MR) is 84.9 cm³/mol. The van der Waals surface area contributed by atoms with Gasteiger partial charge in [-0.15, -0.1) is 0 Å². The van der Waals surface area contributed by atoms with Crippen LogP contribution in [0, 0.1) is 6.92 Å². The van der Waals surface area contributed by atoms with Crippen molar-refractivity contribution in [2.45, 2.75) is 13.3 Å². The van der Waals surface area contributed by atoms with Crippen molar-refractivity contribution in [3.8, 4) is 0 Å². The van der Waals surface area contributed by atoms with Gasteiger partial charge >= 0.3 is 0 Å². The van der Waals surface area contributed by atoms with Gasteiger partial charge in [0.2, 0.25) is 0 Å². The Hall–Kier alpha value is -2.13. The summed E-state index contributed by atoms with van der Waals surface area (Å²) >= 11 is 6.19. The van der Waals surface area contributed by atoms with E-state index in [4.69, 9.17) is 11.6 Å². The van der Waals surface area contributed by atoms with Crippen LogP contribution in [0.2, 0.25) is 5.15 Å². The third kappa shape index (κ3) is 2.57. The number of rotatable bonds is 3. The average molecular weight is 299 g/mol. The summed E-state index contributed by atoms with van der Waals surface area (Å²) in [5.74, 6) is 0.0544. The first kappa shape index (κ1) is 13.8.